The molecule has 1 aromatic heterocycles. The first-order chi connectivity index (χ1) is 12.1. The third-order valence-electron chi connectivity index (χ3n) is 5.51. The smallest absolute Gasteiger partial charge is 0.241 e. The molecule has 0 saturated carbocycles. The summed E-state index contributed by atoms with van der Waals surface area (Å²) >= 11 is 0. The largest absolute Gasteiger partial charge is 0.311 e. The van der Waals surface area contributed by atoms with Crippen LogP contribution >= 0.6 is 0 Å². The van der Waals surface area contributed by atoms with Gasteiger partial charge < -0.3 is 4.90 Å². The average molecular weight is 338 g/mol. The van der Waals surface area contributed by atoms with Crippen molar-refractivity contribution in [2.24, 2.45) is 0 Å². The standard InChI is InChI=1S/C20H26N4O/c1-15-12-16(2)24(21-15)13-18-7-5-10-22(18)14-20(25)23-11-9-17-6-3-4-8-19(17)23/h3-4,6,8,12,18H,5,7,9-11,13-14H2,1-2H3. The Balaban J connectivity index is 1.43. The van der Waals surface area contributed by atoms with E-state index in [1.165, 1.54) is 11.3 Å². The van der Waals surface area contributed by atoms with Crippen molar-refractivity contribution >= 4 is 11.6 Å². The molecule has 1 atom stereocenters. The fourth-order valence-electron chi connectivity index (χ4n) is 4.23. The zero-order chi connectivity index (χ0) is 17.4. The van der Waals surface area contributed by atoms with E-state index in [4.69, 9.17) is 0 Å². The van der Waals surface area contributed by atoms with E-state index in [0.29, 0.717) is 12.6 Å². The van der Waals surface area contributed by atoms with Crippen LogP contribution in [0, 0.1) is 13.8 Å². The lowest BCUT2D eigenvalue weighted by atomic mass is 10.2. The summed E-state index contributed by atoms with van der Waals surface area (Å²) in [5, 5.41) is 4.59. The third kappa shape index (κ3) is 3.21. The maximum Gasteiger partial charge on any atom is 0.241 e. The van der Waals surface area contributed by atoms with Crippen molar-refractivity contribution in [1.29, 1.82) is 0 Å². The number of rotatable bonds is 4. The summed E-state index contributed by atoms with van der Waals surface area (Å²) in [5.74, 6) is 0.227. The molecule has 0 aliphatic carbocycles. The molecule has 1 aromatic carbocycles. The molecule has 3 heterocycles. The van der Waals surface area contributed by atoms with Crippen LogP contribution in [0.3, 0.4) is 0 Å². The molecular formula is C20H26N4O. The lowest BCUT2D eigenvalue weighted by Crippen LogP contribution is -2.43. The third-order valence-corrected chi connectivity index (χ3v) is 5.51. The van der Waals surface area contributed by atoms with Crippen LogP contribution in [-0.2, 0) is 17.8 Å². The predicted molar refractivity (Wildman–Crippen MR) is 98.8 cm³/mol. The van der Waals surface area contributed by atoms with Gasteiger partial charge in [0.25, 0.3) is 0 Å². The van der Waals surface area contributed by atoms with Gasteiger partial charge in [0.1, 0.15) is 0 Å². The van der Waals surface area contributed by atoms with Gasteiger partial charge in [-0.05, 0) is 57.4 Å². The molecule has 2 aromatic rings. The van der Waals surface area contributed by atoms with Crippen LogP contribution < -0.4 is 4.90 Å². The lowest BCUT2D eigenvalue weighted by Gasteiger charge is -2.27. The molecule has 1 amide bonds. The number of aryl methyl sites for hydroxylation is 2. The highest BCUT2D eigenvalue weighted by Crippen LogP contribution is 2.28. The van der Waals surface area contributed by atoms with Crippen LogP contribution in [0.4, 0.5) is 5.69 Å². The summed E-state index contributed by atoms with van der Waals surface area (Å²) in [5.41, 5.74) is 4.65. The van der Waals surface area contributed by atoms with Crippen molar-refractivity contribution in [2.45, 2.75) is 45.7 Å². The SMILES string of the molecule is Cc1cc(C)n(CC2CCCN2CC(=O)N2CCc3ccccc32)n1. The quantitative estimate of drug-likeness (QED) is 0.860. The van der Waals surface area contributed by atoms with E-state index >= 15 is 0 Å². The second-order valence-corrected chi connectivity index (χ2v) is 7.30. The Kier molecular flexibility index (Phi) is 4.34. The van der Waals surface area contributed by atoms with E-state index in [0.717, 1.165) is 50.3 Å². The summed E-state index contributed by atoms with van der Waals surface area (Å²) in [7, 11) is 0. The van der Waals surface area contributed by atoms with Gasteiger partial charge in [-0.1, -0.05) is 18.2 Å². The number of fused-ring (bicyclic) bond motifs is 1. The van der Waals surface area contributed by atoms with Gasteiger partial charge in [-0.3, -0.25) is 14.4 Å². The molecule has 0 N–H and O–H groups in total. The molecule has 2 aliphatic heterocycles. The van der Waals surface area contributed by atoms with Gasteiger partial charge in [-0.2, -0.15) is 5.10 Å². The average Bonchev–Trinajstić information content (AvgIpc) is 3.28. The van der Waals surface area contributed by atoms with Crippen LogP contribution in [0.5, 0.6) is 0 Å². The van der Waals surface area contributed by atoms with Crippen LogP contribution in [0.1, 0.15) is 29.8 Å². The van der Waals surface area contributed by atoms with E-state index < -0.39 is 0 Å². The maximum atomic E-state index is 12.9. The van der Waals surface area contributed by atoms with Crippen molar-refractivity contribution in [1.82, 2.24) is 14.7 Å². The maximum absolute atomic E-state index is 12.9. The minimum atomic E-state index is 0.227. The highest BCUT2D eigenvalue weighted by atomic mass is 16.2. The van der Waals surface area contributed by atoms with Gasteiger partial charge in [-0.25, -0.2) is 0 Å². The molecule has 0 radical (unpaired) electrons. The summed E-state index contributed by atoms with van der Waals surface area (Å²) < 4.78 is 2.09. The van der Waals surface area contributed by atoms with Crippen LogP contribution in [0.15, 0.2) is 30.3 Å². The minimum Gasteiger partial charge on any atom is -0.311 e. The molecule has 25 heavy (non-hydrogen) atoms. The number of likely N-dealkylation sites (tertiary alicyclic amines) is 1. The van der Waals surface area contributed by atoms with Gasteiger partial charge in [0.15, 0.2) is 0 Å². The van der Waals surface area contributed by atoms with E-state index in [-0.39, 0.29) is 5.91 Å². The molecule has 5 nitrogen and oxygen atoms in total. The number of hydrogen-bond donors (Lipinski definition) is 0. The first-order valence-electron chi connectivity index (χ1n) is 9.25. The van der Waals surface area contributed by atoms with Crippen LogP contribution in [-0.4, -0.2) is 46.3 Å². The molecule has 4 rings (SSSR count). The fourth-order valence-corrected chi connectivity index (χ4v) is 4.23. The second-order valence-electron chi connectivity index (χ2n) is 7.30. The number of para-hydroxylation sites is 1. The van der Waals surface area contributed by atoms with Gasteiger partial charge in [0.2, 0.25) is 5.91 Å². The Labute approximate surface area is 149 Å². The Hall–Kier alpha value is -2.14. The van der Waals surface area contributed by atoms with Crippen molar-refractivity contribution in [3.63, 3.8) is 0 Å². The summed E-state index contributed by atoms with van der Waals surface area (Å²) in [6.07, 6.45) is 3.27. The predicted octanol–water partition coefficient (Wildman–Crippen LogP) is 2.55. The van der Waals surface area contributed by atoms with E-state index in [9.17, 15) is 4.79 Å². The second kappa shape index (κ2) is 6.64. The topological polar surface area (TPSA) is 41.4 Å². The first kappa shape index (κ1) is 16.3. The number of carbonyl (C=O) groups is 1. The number of anilines is 1. The first-order valence-corrected chi connectivity index (χ1v) is 9.25. The molecule has 0 spiro atoms. The molecule has 0 bridgehead atoms. The van der Waals surface area contributed by atoms with Crippen molar-refractivity contribution in [3.8, 4) is 0 Å². The molecule has 1 fully saturated rings. The molecule has 2 aliphatic rings. The summed E-state index contributed by atoms with van der Waals surface area (Å²) in [6, 6.07) is 10.8. The monoisotopic (exact) mass is 338 g/mol. The summed E-state index contributed by atoms with van der Waals surface area (Å²) in [4.78, 5) is 17.2. The van der Waals surface area contributed by atoms with Gasteiger partial charge in [-0.15, -0.1) is 0 Å². The molecule has 5 heteroatoms. The number of amides is 1. The highest BCUT2D eigenvalue weighted by molar-refractivity contribution is 5.96. The highest BCUT2D eigenvalue weighted by Gasteiger charge is 2.31. The van der Waals surface area contributed by atoms with Gasteiger partial charge in [0.05, 0.1) is 18.8 Å². The normalized spacial score (nSPS) is 20.2. The summed E-state index contributed by atoms with van der Waals surface area (Å²) in [6.45, 7) is 7.34. The van der Waals surface area contributed by atoms with Gasteiger partial charge in [0, 0.05) is 24.0 Å². The molecule has 1 unspecified atom stereocenters. The van der Waals surface area contributed by atoms with Crippen molar-refractivity contribution in [2.75, 3.05) is 24.5 Å². The van der Waals surface area contributed by atoms with Crippen LogP contribution in [0.25, 0.3) is 0 Å². The number of hydrogen-bond acceptors (Lipinski definition) is 3. The number of aromatic nitrogens is 2. The number of nitrogens with zero attached hydrogens (tertiary/aromatic N) is 4. The Bertz CT molecular complexity index is 782. The molecule has 1 saturated heterocycles. The minimum absolute atomic E-state index is 0.227. The van der Waals surface area contributed by atoms with E-state index in [1.54, 1.807) is 0 Å². The van der Waals surface area contributed by atoms with Gasteiger partial charge >= 0.3 is 0 Å². The Morgan fingerprint density at radius 2 is 2.08 bits per heavy atom. The zero-order valence-electron chi connectivity index (χ0n) is 15.1. The van der Waals surface area contributed by atoms with Crippen molar-refractivity contribution in [3.05, 3.63) is 47.3 Å². The van der Waals surface area contributed by atoms with Crippen molar-refractivity contribution < 1.29 is 4.79 Å². The fraction of sp³-hybridized carbons (Fsp3) is 0.500. The molecule has 132 valence electrons. The number of benzene rings is 1. The Morgan fingerprint density at radius 1 is 1.24 bits per heavy atom. The Morgan fingerprint density at radius 3 is 2.88 bits per heavy atom. The van der Waals surface area contributed by atoms with E-state index in [2.05, 4.69) is 45.9 Å². The lowest BCUT2D eigenvalue weighted by molar-refractivity contribution is -0.119. The number of carbonyl (C=O) groups excluding carboxylic acids is 1. The van der Waals surface area contributed by atoms with E-state index in [1.807, 2.05) is 17.9 Å². The zero-order valence-corrected chi connectivity index (χ0v) is 15.1. The molecular weight excluding hydrogens is 312 g/mol. The van der Waals surface area contributed by atoms with Crippen LogP contribution in [0.2, 0.25) is 0 Å².